The molecule has 0 saturated carbocycles. The Balaban J connectivity index is 1.58. The van der Waals surface area contributed by atoms with E-state index in [1.54, 1.807) is 42.5 Å². The van der Waals surface area contributed by atoms with Crippen LogP contribution < -0.4 is 9.47 Å². The molecule has 0 fully saturated rings. The lowest BCUT2D eigenvalue weighted by Gasteiger charge is -2.12. The lowest BCUT2D eigenvalue weighted by atomic mass is 10.1. The van der Waals surface area contributed by atoms with E-state index in [2.05, 4.69) is 4.98 Å². The molecular weight excluding hydrogens is 386 g/mol. The molecule has 0 aliphatic carbocycles. The maximum atomic E-state index is 12.3. The van der Waals surface area contributed by atoms with Crippen molar-refractivity contribution >= 4 is 28.5 Å². The molecule has 144 valence electrons. The van der Waals surface area contributed by atoms with Crippen molar-refractivity contribution in [2.75, 3.05) is 0 Å². The smallest absolute Gasteiger partial charge is 0.343 e. The Hall–Kier alpha value is -3.37. The summed E-state index contributed by atoms with van der Waals surface area (Å²) in [5.41, 5.74) is 2.92. The first-order valence-electron chi connectivity index (χ1n) is 9.14. The Labute approximate surface area is 173 Å². The fourth-order valence-electron chi connectivity index (χ4n) is 2.98. The maximum absolute atomic E-state index is 12.3. The van der Waals surface area contributed by atoms with Crippen LogP contribution in [-0.4, -0.2) is 11.0 Å². The van der Waals surface area contributed by atoms with Gasteiger partial charge in [0.2, 0.25) is 5.88 Å². The van der Waals surface area contributed by atoms with Gasteiger partial charge in [-0.05, 0) is 49.4 Å². The first kappa shape index (κ1) is 19.0. The summed E-state index contributed by atoms with van der Waals surface area (Å²) >= 11 is 6.08. The number of hydrogen-bond acceptors (Lipinski definition) is 4. The van der Waals surface area contributed by atoms with Crippen molar-refractivity contribution < 1.29 is 14.3 Å². The molecule has 0 radical (unpaired) electrons. The van der Waals surface area contributed by atoms with Gasteiger partial charge in [0.25, 0.3) is 0 Å². The van der Waals surface area contributed by atoms with E-state index in [9.17, 15) is 4.79 Å². The highest BCUT2D eigenvalue weighted by atomic mass is 35.5. The van der Waals surface area contributed by atoms with Gasteiger partial charge in [0, 0.05) is 16.5 Å². The number of ether oxygens (including phenoxy) is 2. The van der Waals surface area contributed by atoms with Crippen molar-refractivity contribution in [2.24, 2.45) is 0 Å². The molecule has 0 bridgehead atoms. The van der Waals surface area contributed by atoms with Crippen molar-refractivity contribution in [1.29, 1.82) is 0 Å². The van der Waals surface area contributed by atoms with E-state index < -0.39 is 5.97 Å². The third-order valence-corrected chi connectivity index (χ3v) is 4.76. The number of nitrogens with zero attached hydrogens (tertiary/aromatic N) is 1. The lowest BCUT2D eigenvalue weighted by Crippen LogP contribution is -2.09. The Morgan fingerprint density at radius 1 is 0.966 bits per heavy atom. The number of benzene rings is 3. The summed E-state index contributed by atoms with van der Waals surface area (Å²) < 4.78 is 11.5. The van der Waals surface area contributed by atoms with E-state index in [1.165, 1.54) is 0 Å². The van der Waals surface area contributed by atoms with Crippen LogP contribution in [0.4, 0.5) is 0 Å². The largest absolute Gasteiger partial charge is 0.439 e. The summed E-state index contributed by atoms with van der Waals surface area (Å²) in [6.07, 6.45) is 0. The lowest BCUT2D eigenvalue weighted by molar-refractivity contribution is 0.0733. The first-order valence-corrected chi connectivity index (χ1v) is 9.68. The molecule has 0 N–H and O–H groups in total. The summed E-state index contributed by atoms with van der Waals surface area (Å²) in [5, 5.41) is 1.06. The van der Waals surface area contributed by atoms with Crippen LogP contribution in [0.2, 0.25) is 0 Å². The average Bonchev–Trinajstić information content (AvgIpc) is 2.75. The summed E-state index contributed by atoms with van der Waals surface area (Å²) in [6.45, 7) is 1.95. The van der Waals surface area contributed by atoms with Crippen molar-refractivity contribution in [3.05, 3.63) is 95.6 Å². The minimum absolute atomic E-state index is 0.179. The summed E-state index contributed by atoms with van der Waals surface area (Å²) in [7, 11) is 0. The molecule has 0 aliphatic heterocycles. The Morgan fingerprint density at radius 3 is 2.52 bits per heavy atom. The highest BCUT2D eigenvalue weighted by Crippen LogP contribution is 2.31. The number of esters is 1. The molecule has 0 unspecified atom stereocenters. The monoisotopic (exact) mass is 403 g/mol. The number of carbonyl (C=O) groups excluding carboxylic acids is 1. The highest BCUT2D eigenvalue weighted by molar-refractivity contribution is 6.17. The number of aryl methyl sites for hydroxylation is 1. The fraction of sp³-hybridized carbons (Fsp3) is 0.0833. The zero-order valence-electron chi connectivity index (χ0n) is 15.8. The SMILES string of the molecule is Cc1cc2ccccc2nc1Oc1ccc(OC(=O)c2ccccc2)c(CCl)c1. The van der Waals surface area contributed by atoms with Crippen LogP contribution in [0, 0.1) is 6.92 Å². The summed E-state index contributed by atoms with van der Waals surface area (Å²) in [5.74, 6) is 1.25. The summed E-state index contributed by atoms with van der Waals surface area (Å²) in [4.78, 5) is 16.9. The van der Waals surface area contributed by atoms with E-state index in [0.717, 1.165) is 16.5 Å². The Kier molecular flexibility index (Phi) is 5.45. The number of alkyl halides is 1. The molecule has 0 saturated heterocycles. The van der Waals surface area contributed by atoms with E-state index in [0.29, 0.717) is 28.5 Å². The average molecular weight is 404 g/mol. The van der Waals surface area contributed by atoms with Crippen LogP contribution >= 0.6 is 11.6 Å². The Bertz CT molecular complexity index is 1180. The third-order valence-electron chi connectivity index (χ3n) is 4.47. The number of carbonyl (C=O) groups is 1. The van der Waals surface area contributed by atoms with Crippen LogP contribution in [0.15, 0.2) is 78.9 Å². The van der Waals surface area contributed by atoms with Crippen LogP contribution in [0.1, 0.15) is 21.5 Å². The normalized spacial score (nSPS) is 10.7. The second kappa shape index (κ2) is 8.33. The van der Waals surface area contributed by atoms with Crippen molar-refractivity contribution in [3.8, 4) is 17.4 Å². The molecule has 3 aromatic carbocycles. The number of aromatic nitrogens is 1. The molecule has 0 aliphatic rings. The zero-order chi connectivity index (χ0) is 20.2. The molecule has 1 heterocycles. The van der Waals surface area contributed by atoms with Crippen LogP contribution in [-0.2, 0) is 5.88 Å². The molecule has 0 spiro atoms. The van der Waals surface area contributed by atoms with Crippen molar-refractivity contribution in [1.82, 2.24) is 4.98 Å². The van der Waals surface area contributed by atoms with Gasteiger partial charge in [-0.15, -0.1) is 11.6 Å². The molecule has 5 heteroatoms. The highest BCUT2D eigenvalue weighted by Gasteiger charge is 2.13. The second-order valence-electron chi connectivity index (χ2n) is 6.56. The van der Waals surface area contributed by atoms with E-state index in [4.69, 9.17) is 21.1 Å². The van der Waals surface area contributed by atoms with Gasteiger partial charge in [0.1, 0.15) is 11.5 Å². The molecule has 4 aromatic rings. The first-order chi connectivity index (χ1) is 14.1. The zero-order valence-corrected chi connectivity index (χ0v) is 16.5. The van der Waals surface area contributed by atoms with Crippen molar-refractivity contribution in [2.45, 2.75) is 12.8 Å². The Morgan fingerprint density at radius 2 is 1.72 bits per heavy atom. The molecule has 4 rings (SSSR count). The van der Waals surface area contributed by atoms with Crippen LogP contribution in [0.3, 0.4) is 0 Å². The van der Waals surface area contributed by atoms with E-state index in [-0.39, 0.29) is 5.88 Å². The van der Waals surface area contributed by atoms with Gasteiger partial charge in [0.15, 0.2) is 0 Å². The van der Waals surface area contributed by atoms with Crippen molar-refractivity contribution in [3.63, 3.8) is 0 Å². The topological polar surface area (TPSA) is 48.4 Å². The van der Waals surface area contributed by atoms with Gasteiger partial charge in [-0.25, -0.2) is 9.78 Å². The minimum Gasteiger partial charge on any atom is -0.439 e. The standard InChI is InChI=1S/C24H18ClNO3/c1-16-13-18-9-5-6-10-21(18)26-23(16)28-20-11-12-22(19(14-20)15-25)29-24(27)17-7-3-2-4-8-17/h2-14H,15H2,1H3. The number of para-hydroxylation sites is 1. The maximum Gasteiger partial charge on any atom is 0.343 e. The van der Waals surface area contributed by atoms with Crippen LogP contribution in [0.25, 0.3) is 10.9 Å². The quantitative estimate of drug-likeness (QED) is 0.223. The molecule has 0 amide bonds. The molecular formula is C24H18ClNO3. The predicted octanol–water partition coefficient (Wildman–Crippen LogP) is 6.29. The fourth-order valence-corrected chi connectivity index (χ4v) is 3.18. The molecule has 29 heavy (non-hydrogen) atoms. The number of fused-ring (bicyclic) bond motifs is 1. The number of hydrogen-bond donors (Lipinski definition) is 0. The van der Waals surface area contributed by atoms with Gasteiger partial charge < -0.3 is 9.47 Å². The van der Waals surface area contributed by atoms with Crippen LogP contribution in [0.5, 0.6) is 17.4 Å². The van der Waals surface area contributed by atoms with Gasteiger partial charge >= 0.3 is 5.97 Å². The summed E-state index contributed by atoms with van der Waals surface area (Å²) in [6, 6.07) is 23.9. The number of pyridine rings is 1. The third kappa shape index (κ3) is 4.23. The molecule has 0 atom stereocenters. The van der Waals surface area contributed by atoms with Gasteiger partial charge in [-0.2, -0.15) is 0 Å². The molecule has 4 nitrogen and oxygen atoms in total. The van der Waals surface area contributed by atoms with Gasteiger partial charge in [0.05, 0.1) is 17.0 Å². The van der Waals surface area contributed by atoms with Gasteiger partial charge in [-0.1, -0.05) is 36.4 Å². The second-order valence-corrected chi connectivity index (χ2v) is 6.83. The van der Waals surface area contributed by atoms with E-state index >= 15 is 0 Å². The number of rotatable bonds is 5. The molecule has 1 aromatic heterocycles. The predicted molar refractivity (Wildman–Crippen MR) is 114 cm³/mol. The van der Waals surface area contributed by atoms with E-state index in [1.807, 2.05) is 43.3 Å². The minimum atomic E-state index is -0.433. The van der Waals surface area contributed by atoms with Gasteiger partial charge in [-0.3, -0.25) is 0 Å². The number of halogens is 1.